The summed E-state index contributed by atoms with van der Waals surface area (Å²) in [5.41, 5.74) is 1.16. The van der Waals surface area contributed by atoms with Gasteiger partial charge in [0.2, 0.25) is 0 Å². The molecule has 100 valence electrons. The molecule has 18 heavy (non-hydrogen) atoms. The lowest BCUT2D eigenvalue weighted by Gasteiger charge is -2.22. The van der Waals surface area contributed by atoms with E-state index >= 15 is 0 Å². The second kappa shape index (κ2) is 6.07. The molecular formula is C15H21BrO2. The topological polar surface area (TPSA) is 29.5 Å². The van der Waals surface area contributed by atoms with Crippen LogP contribution in [0.2, 0.25) is 0 Å². The van der Waals surface area contributed by atoms with Gasteiger partial charge in [-0.1, -0.05) is 25.8 Å². The quantitative estimate of drug-likeness (QED) is 0.916. The van der Waals surface area contributed by atoms with Crippen LogP contribution >= 0.6 is 15.9 Å². The zero-order valence-electron chi connectivity index (χ0n) is 11.0. The van der Waals surface area contributed by atoms with Gasteiger partial charge in [0.25, 0.3) is 0 Å². The number of ether oxygens (including phenoxy) is 1. The molecule has 1 aliphatic carbocycles. The summed E-state index contributed by atoms with van der Waals surface area (Å²) in [6, 6.07) is 6.03. The van der Waals surface area contributed by atoms with Gasteiger partial charge < -0.3 is 9.84 Å². The largest absolute Gasteiger partial charge is 0.496 e. The Balaban J connectivity index is 2.02. The molecule has 0 spiro atoms. The Morgan fingerprint density at radius 1 is 1.44 bits per heavy atom. The Bertz CT molecular complexity index is 405. The number of hydrogen-bond donors (Lipinski definition) is 1. The average molecular weight is 313 g/mol. The first-order chi connectivity index (χ1) is 8.61. The summed E-state index contributed by atoms with van der Waals surface area (Å²) >= 11 is 3.49. The SMILES string of the molecule is COc1ccc(CC(O)C2CCCC2C)cc1Br. The molecule has 2 nitrogen and oxygen atoms in total. The van der Waals surface area contributed by atoms with E-state index in [-0.39, 0.29) is 6.10 Å². The predicted octanol–water partition coefficient (Wildman–Crippen LogP) is 3.80. The molecule has 1 aromatic rings. The lowest BCUT2D eigenvalue weighted by molar-refractivity contribution is 0.0901. The number of aliphatic hydroxyl groups excluding tert-OH is 1. The highest BCUT2D eigenvalue weighted by atomic mass is 79.9. The van der Waals surface area contributed by atoms with E-state index in [1.165, 1.54) is 19.3 Å². The summed E-state index contributed by atoms with van der Waals surface area (Å²) in [5.74, 6) is 1.95. The van der Waals surface area contributed by atoms with Crippen LogP contribution in [0.5, 0.6) is 5.75 Å². The van der Waals surface area contributed by atoms with Crippen LogP contribution in [0.1, 0.15) is 31.7 Å². The smallest absolute Gasteiger partial charge is 0.133 e. The van der Waals surface area contributed by atoms with E-state index in [1.54, 1.807) is 7.11 Å². The average Bonchev–Trinajstić information content (AvgIpc) is 2.76. The Kier molecular flexibility index (Phi) is 4.68. The van der Waals surface area contributed by atoms with Crippen molar-refractivity contribution in [3.05, 3.63) is 28.2 Å². The fourth-order valence-corrected chi connectivity index (χ4v) is 3.56. The maximum Gasteiger partial charge on any atom is 0.133 e. The Hall–Kier alpha value is -0.540. The normalized spacial score (nSPS) is 25.1. The van der Waals surface area contributed by atoms with Gasteiger partial charge in [-0.15, -0.1) is 0 Å². The molecule has 0 amide bonds. The molecule has 1 N–H and O–H groups in total. The van der Waals surface area contributed by atoms with Gasteiger partial charge >= 0.3 is 0 Å². The van der Waals surface area contributed by atoms with E-state index in [9.17, 15) is 5.11 Å². The van der Waals surface area contributed by atoms with Gasteiger partial charge in [-0.25, -0.2) is 0 Å². The summed E-state index contributed by atoms with van der Waals surface area (Å²) in [5, 5.41) is 10.3. The van der Waals surface area contributed by atoms with Crippen molar-refractivity contribution in [3.63, 3.8) is 0 Å². The fourth-order valence-electron chi connectivity index (χ4n) is 2.98. The van der Waals surface area contributed by atoms with Crippen molar-refractivity contribution >= 4 is 15.9 Å². The van der Waals surface area contributed by atoms with Gasteiger partial charge in [0.15, 0.2) is 0 Å². The van der Waals surface area contributed by atoms with Crippen molar-refractivity contribution in [3.8, 4) is 5.75 Å². The van der Waals surface area contributed by atoms with Crippen molar-refractivity contribution in [2.45, 2.75) is 38.7 Å². The molecule has 3 atom stereocenters. The molecule has 2 rings (SSSR count). The molecule has 1 fully saturated rings. The van der Waals surface area contributed by atoms with Gasteiger partial charge in [-0.2, -0.15) is 0 Å². The number of aliphatic hydroxyl groups is 1. The second-order valence-electron chi connectivity index (χ2n) is 5.31. The molecule has 1 aliphatic rings. The maximum absolute atomic E-state index is 10.3. The third kappa shape index (κ3) is 3.07. The van der Waals surface area contributed by atoms with Gasteiger partial charge in [-0.05, 0) is 58.3 Å². The highest BCUT2D eigenvalue weighted by Crippen LogP contribution is 2.35. The highest BCUT2D eigenvalue weighted by Gasteiger charge is 2.29. The van der Waals surface area contributed by atoms with Gasteiger partial charge in [0, 0.05) is 0 Å². The molecular weight excluding hydrogens is 292 g/mol. The highest BCUT2D eigenvalue weighted by molar-refractivity contribution is 9.10. The lowest BCUT2D eigenvalue weighted by Crippen LogP contribution is -2.24. The third-order valence-corrected chi connectivity index (χ3v) is 4.70. The van der Waals surface area contributed by atoms with Crippen LogP contribution in [0.3, 0.4) is 0 Å². The van der Waals surface area contributed by atoms with E-state index in [4.69, 9.17) is 4.74 Å². The van der Waals surface area contributed by atoms with E-state index in [0.29, 0.717) is 11.8 Å². The summed E-state index contributed by atoms with van der Waals surface area (Å²) < 4.78 is 6.17. The zero-order chi connectivity index (χ0) is 13.1. The molecule has 0 radical (unpaired) electrons. The Labute approximate surface area is 117 Å². The van der Waals surface area contributed by atoms with Crippen molar-refractivity contribution in [2.75, 3.05) is 7.11 Å². The fraction of sp³-hybridized carbons (Fsp3) is 0.600. The molecule has 0 bridgehead atoms. The van der Waals surface area contributed by atoms with Crippen LogP contribution in [0.4, 0.5) is 0 Å². The summed E-state index contributed by atoms with van der Waals surface area (Å²) in [4.78, 5) is 0. The van der Waals surface area contributed by atoms with Gasteiger partial charge in [0.1, 0.15) is 5.75 Å². The van der Waals surface area contributed by atoms with Crippen molar-refractivity contribution < 1.29 is 9.84 Å². The standard InChI is InChI=1S/C15H21BrO2/c1-10-4-3-5-12(10)14(17)9-11-6-7-15(18-2)13(16)8-11/h6-8,10,12,14,17H,3-5,9H2,1-2H3. The zero-order valence-corrected chi connectivity index (χ0v) is 12.6. The van der Waals surface area contributed by atoms with Crippen molar-refractivity contribution in [1.82, 2.24) is 0 Å². The monoisotopic (exact) mass is 312 g/mol. The van der Waals surface area contributed by atoms with Crippen LogP contribution in [-0.4, -0.2) is 18.3 Å². The minimum absolute atomic E-state index is 0.220. The van der Waals surface area contributed by atoms with Crippen LogP contribution in [0.25, 0.3) is 0 Å². The maximum atomic E-state index is 10.3. The van der Waals surface area contributed by atoms with E-state index in [0.717, 1.165) is 22.2 Å². The van der Waals surface area contributed by atoms with Crippen LogP contribution in [0, 0.1) is 11.8 Å². The Morgan fingerprint density at radius 3 is 2.78 bits per heavy atom. The summed E-state index contributed by atoms with van der Waals surface area (Å²) in [6.45, 7) is 2.25. The molecule has 1 saturated carbocycles. The number of methoxy groups -OCH3 is 1. The van der Waals surface area contributed by atoms with Crippen LogP contribution in [0.15, 0.2) is 22.7 Å². The minimum Gasteiger partial charge on any atom is -0.496 e. The summed E-state index contributed by atoms with van der Waals surface area (Å²) in [7, 11) is 1.66. The number of benzene rings is 1. The Morgan fingerprint density at radius 2 is 2.22 bits per heavy atom. The summed E-state index contributed by atoms with van der Waals surface area (Å²) in [6.07, 6.45) is 4.20. The predicted molar refractivity (Wildman–Crippen MR) is 76.9 cm³/mol. The van der Waals surface area contributed by atoms with Crippen molar-refractivity contribution in [1.29, 1.82) is 0 Å². The number of hydrogen-bond acceptors (Lipinski definition) is 2. The van der Waals surface area contributed by atoms with Crippen molar-refractivity contribution in [2.24, 2.45) is 11.8 Å². The second-order valence-corrected chi connectivity index (χ2v) is 6.17. The molecule has 0 saturated heterocycles. The minimum atomic E-state index is -0.220. The third-order valence-electron chi connectivity index (χ3n) is 4.08. The molecule has 3 unspecified atom stereocenters. The molecule has 0 aliphatic heterocycles. The first-order valence-corrected chi connectivity index (χ1v) is 7.41. The van der Waals surface area contributed by atoms with Crippen LogP contribution < -0.4 is 4.74 Å². The first kappa shape index (κ1) is 13.9. The molecule has 1 aromatic carbocycles. The molecule has 0 heterocycles. The van der Waals surface area contributed by atoms with Crippen LogP contribution in [-0.2, 0) is 6.42 Å². The first-order valence-electron chi connectivity index (χ1n) is 6.62. The number of halogens is 1. The van der Waals surface area contributed by atoms with E-state index < -0.39 is 0 Å². The van der Waals surface area contributed by atoms with E-state index in [1.807, 2.05) is 18.2 Å². The number of rotatable bonds is 4. The van der Waals surface area contributed by atoms with Gasteiger partial charge in [-0.3, -0.25) is 0 Å². The van der Waals surface area contributed by atoms with Gasteiger partial charge in [0.05, 0.1) is 17.7 Å². The molecule has 0 aromatic heterocycles. The lowest BCUT2D eigenvalue weighted by atomic mass is 9.88. The van der Waals surface area contributed by atoms with E-state index in [2.05, 4.69) is 22.9 Å². The molecule has 3 heteroatoms.